The molecule has 0 aliphatic rings. The van der Waals surface area contributed by atoms with E-state index in [2.05, 4.69) is 34.5 Å². The summed E-state index contributed by atoms with van der Waals surface area (Å²) in [5, 5.41) is 7.08. The molecule has 2 aromatic heterocycles. The van der Waals surface area contributed by atoms with Crippen molar-refractivity contribution in [2.75, 3.05) is 6.61 Å². The normalized spacial score (nSPS) is 10.6. The van der Waals surface area contributed by atoms with Crippen molar-refractivity contribution in [3.05, 3.63) is 71.7 Å². The van der Waals surface area contributed by atoms with Crippen LogP contribution in [0.15, 0.2) is 55.0 Å². The number of rotatable bonds is 9. The molecule has 1 aromatic carbocycles. The van der Waals surface area contributed by atoms with Crippen LogP contribution in [0.3, 0.4) is 0 Å². The minimum atomic E-state index is 0.0443. The van der Waals surface area contributed by atoms with E-state index in [1.54, 1.807) is 17.1 Å². The topological polar surface area (TPSA) is 69.0 Å². The summed E-state index contributed by atoms with van der Waals surface area (Å²) in [4.78, 5) is 16.4. The molecule has 2 heterocycles. The first-order valence-corrected chi connectivity index (χ1v) is 9.53. The third-order valence-electron chi connectivity index (χ3n) is 4.44. The molecule has 0 aliphatic carbocycles. The standard InChI is InChI=1S/C22H26N4O2/c1-17-7-8-18(2)20(14-17)28-13-4-3-6-22(27)24-16-19-9-10-21(23-15-19)26-12-5-11-25-26/h5,7-12,14-15H,3-4,6,13,16H2,1-2H3,(H,24,27). The molecule has 0 fully saturated rings. The molecular weight excluding hydrogens is 352 g/mol. The van der Waals surface area contributed by atoms with E-state index in [1.165, 1.54) is 5.56 Å². The Morgan fingerprint density at radius 2 is 2.07 bits per heavy atom. The summed E-state index contributed by atoms with van der Waals surface area (Å²) in [5.41, 5.74) is 3.28. The Bertz CT molecular complexity index is 889. The van der Waals surface area contributed by atoms with Gasteiger partial charge < -0.3 is 10.1 Å². The first kappa shape index (κ1) is 19.6. The van der Waals surface area contributed by atoms with Crippen LogP contribution in [-0.4, -0.2) is 27.3 Å². The summed E-state index contributed by atoms with van der Waals surface area (Å²) in [6.07, 6.45) is 7.45. The predicted molar refractivity (Wildman–Crippen MR) is 108 cm³/mol. The molecule has 3 aromatic rings. The van der Waals surface area contributed by atoms with Gasteiger partial charge in [-0.1, -0.05) is 18.2 Å². The summed E-state index contributed by atoms with van der Waals surface area (Å²) in [6, 6.07) is 11.9. The summed E-state index contributed by atoms with van der Waals surface area (Å²) in [5.74, 6) is 1.72. The summed E-state index contributed by atoms with van der Waals surface area (Å²) in [7, 11) is 0. The van der Waals surface area contributed by atoms with Crippen molar-refractivity contribution < 1.29 is 9.53 Å². The molecule has 1 amide bonds. The fourth-order valence-corrected chi connectivity index (χ4v) is 2.78. The summed E-state index contributed by atoms with van der Waals surface area (Å²) < 4.78 is 7.52. The predicted octanol–water partition coefficient (Wildman–Crippen LogP) is 3.75. The molecule has 28 heavy (non-hydrogen) atoms. The first-order valence-electron chi connectivity index (χ1n) is 9.53. The van der Waals surface area contributed by atoms with Crippen molar-refractivity contribution in [1.29, 1.82) is 0 Å². The van der Waals surface area contributed by atoms with Crippen LogP contribution in [-0.2, 0) is 11.3 Å². The van der Waals surface area contributed by atoms with E-state index in [0.29, 0.717) is 19.6 Å². The van der Waals surface area contributed by atoms with Gasteiger partial charge in [0, 0.05) is 31.6 Å². The highest BCUT2D eigenvalue weighted by molar-refractivity contribution is 5.75. The van der Waals surface area contributed by atoms with Gasteiger partial charge in [0.15, 0.2) is 5.82 Å². The largest absolute Gasteiger partial charge is 0.493 e. The number of unbranched alkanes of at least 4 members (excludes halogenated alkanes) is 1. The van der Waals surface area contributed by atoms with E-state index in [4.69, 9.17) is 4.74 Å². The molecule has 0 unspecified atom stereocenters. The van der Waals surface area contributed by atoms with Gasteiger partial charge in [-0.05, 0) is 61.6 Å². The average molecular weight is 378 g/mol. The lowest BCUT2D eigenvalue weighted by Crippen LogP contribution is -2.22. The number of carbonyl (C=O) groups excluding carboxylic acids is 1. The third-order valence-corrected chi connectivity index (χ3v) is 4.44. The zero-order chi connectivity index (χ0) is 19.8. The third kappa shape index (κ3) is 5.67. The molecule has 1 N–H and O–H groups in total. The maximum absolute atomic E-state index is 12.0. The first-order chi connectivity index (χ1) is 13.6. The van der Waals surface area contributed by atoms with Gasteiger partial charge in [-0.25, -0.2) is 9.67 Å². The number of pyridine rings is 1. The lowest BCUT2D eigenvalue weighted by atomic mass is 10.1. The molecule has 0 spiro atoms. The minimum Gasteiger partial charge on any atom is -0.493 e. The SMILES string of the molecule is Cc1ccc(C)c(OCCCCC(=O)NCc2ccc(-n3cccn3)nc2)c1. The van der Waals surface area contributed by atoms with E-state index in [9.17, 15) is 4.79 Å². The monoisotopic (exact) mass is 378 g/mol. The van der Waals surface area contributed by atoms with E-state index in [0.717, 1.165) is 35.5 Å². The fourth-order valence-electron chi connectivity index (χ4n) is 2.78. The Morgan fingerprint density at radius 3 is 2.82 bits per heavy atom. The lowest BCUT2D eigenvalue weighted by Gasteiger charge is -2.10. The van der Waals surface area contributed by atoms with Crippen LogP contribution in [0, 0.1) is 13.8 Å². The smallest absolute Gasteiger partial charge is 0.220 e. The Kier molecular flexibility index (Phi) is 6.78. The van der Waals surface area contributed by atoms with Gasteiger partial charge in [0.05, 0.1) is 6.61 Å². The number of hydrogen-bond acceptors (Lipinski definition) is 4. The van der Waals surface area contributed by atoms with Gasteiger partial charge in [-0.3, -0.25) is 4.79 Å². The Labute approximate surface area is 165 Å². The number of aromatic nitrogens is 3. The molecule has 3 rings (SSSR count). The fraction of sp³-hybridized carbons (Fsp3) is 0.318. The molecule has 6 nitrogen and oxygen atoms in total. The van der Waals surface area contributed by atoms with Crippen molar-refractivity contribution in [1.82, 2.24) is 20.1 Å². The number of hydrogen-bond donors (Lipinski definition) is 1. The zero-order valence-corrected chi connectivity index (χ0v) is 16.4. The maximum Gasteiger partial charge on any atom is 0.220 e. The van der Waals surface area contributed by atoms with Gasteiger partial charge in [-0.2, -0.15) is 5.10 Å². The van der Waals surface area contributed by atoms with Gasteiger partial charge in [0.2, 0.25) is 5.91 Å². The molecule has 0 bridgehead atoms. The van der Waals surface area contributed by atoms with Crippen LogP contribution in [0.25, 0.3) is 5.82 Å². The Hall–Kier alpha value is -3.15. The van der Waals surface area contributed by atoms with E-state index in [1.807, 2.05) is 37.4 Å². The summed E-state index contributed by atoms with van der Waals surface area (Å²) >= 11 is 0. The van der Waals surface area contributed by atoms with Crippen LogP contribution >= 0.6 is 0 Å². The zero-order valence-electron chi connectivity index (χ0n) is 16.4. The molecule has 146 valence electrons. The number of nitrogens with zero attached hydrogens (tertiary/aromatic N) is 3. The van der Waals surface area contributed by atoms with Crippen LogP contribution in [0.5, 0.6) is 5.75 Å². The Balaban J connectivity index is 1.33. The van der Waals surface area contributed by atoms with Gasteiger partial charge in [0.25, 0.3) is 0 Å². The minimum absolute atomic E-state index is 0.0443. The Morgan fingerprint density at radius 1 is 1.18 bits per heavy atom. The van der Waals surface area contributed by atoms with Gasteiger partial charge >= 0.3 is 0 Å². The second-order valence-electron chi connectivity index (χ2n) is 6.83. The average Bonchev–Trinajstić information content (AvgIpc) is 3.24. The van der Waals surface area contributed by atoms with Crippen molar-refractivity contribution in [2.24, 2.45) is 0 Å². The van der Waals surface area contributed by atoms with Crippen molar-refractivity contribution in [3.8, 4) is 11.6 Å². The van der Waals surface area contributed by atoms with Crippen molar-refractivity contribution in [2.45, 2.75) is 39.7 Å². The number of benzene rings is 1. The number of ether oxygens (including phenoxy) is 1. The number of nitrogens with one attached hydrogen (secondary N) is 1. The molecule has 0 saturated carbocycles. The number of aryl methyl sites for hydroxylation is 2. The second kappa shape index (κ2) is 9.69. The van der Waals surface area contributed by atoms with E-state index >= 15 is 0 Å². The quantitative estimate of drug-likeness (QED) is 0.576. The second-order valence-corrected chi connectivity index (χ2v) is 6.83. The lowest BCUT2D eigenvalue weighted by molar-refractivity contribution is -0.121. The van der Waals surface area contributed by atoms with Crippen LogP contribution in [0.1, 0.15) is 36.0 Å². The van der Waals surface area contributed by atoms with Crippen LogP contribution in [0.4, 0.5) is 0 Å². The van der Waals surface area contributed by atoms with Gasteiger partial charge in [-0.15, -0.1) is 0 Å². The highest BCUT2D eigenvalue weighted by atomic mass is 16.5. The van der Waals surface area contributed by atoms with Gasteiger partial charge in [0.1, 0.15) is 5.75 Å². The van der Waals surface area contributed by atoms with Crippen LogP contribution < -0.4 is 10.1 Å². The number of amides is 1. The van der Waals surface area contributed by atoms with Crippen LogP contribution in [0.2, 0.25) is 0 Å². The highest BCUT2D eigenvalue weighted by Crippen LogP contribution is 2.19. The molecular formula is C22H26N4O2. The van der Waals surface area contributed by atoms with Crippen molar-refractivity contribution in [3.63, 3.8) is 0 Å². The highest BCUT2D eigenvalue weighted by Gasteiger charge is 2.04. The molecule has 0 atom stereocenters. The van der Waals surface area contributed by atoms with E-state index < -0.39 is 0 Å². The molecule has 0 aliphatic heterocycles. The number of carbonyl (C=O) groups is 1. The summed E-state index contributed by atoms with van der Waals surface area (Å²) in [6.45, 7) is 5.19. The molecule has 6 heteroatoms. The van der Waals surface area contributed by atoms with E-state index in [-0.39, 0.29) is 5.91 Å². The molecule has 0 radical (unpaired) electrons. The van der Waals surface area contributed by atoms with Crippen molar-refractivity contribution >= 4 is 5.91 Å². The molecule has 0 saturated heterocycles. The maximum atomic E-state index is 12.0.